The molecule has 0 aromatic heterocycles. The number of hydrogen-bond acceptors (Lipinski definition) is 7. The second kappa shape index (κ2) is 14.8. The van der Waals surface area contributed by atoms with Crippen molar-refractivity contribution in [2.75, 3.05) is 0 Å². The van der Waals surface area contributed by atoms with Gasteiger partial charge in [-0.15, -0.1) is 0 Å². The molecule has 0 bridgehead atoms. The van der Waals surface area contributed by atoms with Gasteiger partial charge >= 0.3 is 234 Å². The summed E-state index contributed by atoms with van der Waals surface area (Å²) in [5, 5.41) is 0. The summed E-state index contributed by atoms with van der Waals surface area (Å²) in [5.41, 5.74) is 1.72. The third-order valence-corrected chi connectivity index (χ3v) is 8.36. The van der Waals surface area contributed by atoms with Crippen molar-refractivity contribution >= 4 is 51.3 Å². The van der Waals surface area contributed by atoms with Crippen molar-refractivity contribution in [3.8, 4) is 0 Å². The van der Waals surface area contributed by atoms with Crippen LogP contribution in [0.2, 0.25) is 0 Å². The third-order valence-electron chi connectivity index (χ3n) is 5.71. The molecule has 0 heterocycles. The summed E-state index contributed by atoms with van der Waals surface area (Å²) in [6.45, 7) is 3.60. The molecule has 0 saturated heterocycles. The zero-order chi connectivity index (χ0) is 26.0. The minimum atomic E-state index is -1.25. The zero-order valence-corrected chi connectivity index (χ0v) is 23.8. The monoisotopic (exact) mass is 558 g/mol. The zero-order valence-electron chi connectivity index (χ0n) is 21.0. The van der Waals surface area contributed by atoms with Gasteiger partial charge in [0.2, 0.25) is 0 Å². The third kappa shape index (κ3) is 8.52. The summed E-state index contributed by atoms with van der Waals surface area (Å²) in [4.78, 5) is 29.6. The first-order valence-corrected chi connectivity index (χ1v) is 14.5. The van der Waals surface area contributed by atoms with E-state index < -0.39 is 39.7 Å². The van der Waals surface area contributed by atoms with Crippen molar-refractivity contribution in [2.24, 2.45) is 0 Å². The number of benzene rings is 4. The fraction of sp³-hybridized carbons (Fsp3) is 0.133. The molecule has 38 heavy (non-hydrogen) atoms. The van der Waals surface area contributed by atoms with Crippen LogP contribution in [0.1, 0.15) is 36.8 Å². The summed E-state index contributed by atoms with van der Waals surface area (Å²) >= 11 is 2.03. The molecule has 2 atom stereocenters. The van der Waals surface area contributed by atoms with Gasteiger partial charge in [-0.05, 0) is 0 Å². The summed E-state index contributed by atoms with van der Waals surface area (Å²) in [6, 6.07) is 35.8. The number of carbonyl (C=O) groups excluding carboxylic acids is 2. The Morgan fingerprint density at radius 1 is 0.579 bits per heavy atom. The molecule has 4 aromatic rings. The Morgan fingerprint density at radius 2 is 0.947 bits per heavy atom. The molecule has 0 aliphatic rings. The maximum Gasteiger partial charge on any atom is -0.870 e. The summed E-state index contributed by atoms with van der Waals surface area (Å²) in [6.07, 6.45) is 0. The average Bonchev–Trinajstić information content (AvgIpc) is 2.93. The first kappa shape index (κ1) is 29.6. The molecule has 4 aromatic carbocycles. The Bertz CT molecular complexity index is 1230. The van der Waals surface area contributed by atoms with Gasteiger partial charge in [-0.25, -0.2) is 0 Å². The van der Waals surface area contributed by atoms with E-state index in [1.807, 2.05) is 109 Å². The van der Waals surface area contributed by atoms with Gasteiger partial charge in [-0.1, -0.05) is 0 Å². The molecule has 0 spiro atoms. The maximum absolute atomic E-state index is 12.7. The van der Waals surface area contributed by atoms with Crippen LogP contribution in [-0.2, 0) is 17.2 Å². The Kier molecular flexibility index (Phi) is 11.5. The van der Waals surface area contributed by atoms with Crippen molar-refractivity contribution in [3.05, 3.63) is 120 Å². The van der Waals surface area contributed by atoms with E-state index in [0.29, 0.717) is 0 Å². The predicted molar refractivity (Wildman–Crippen MR) is 151 cm³/mol. The van der Waals surface area contributed by atoms with Crippen molar-refractivity contribution < 1.29 is 22.6 Å². The van der Waals surface area contributed by atoms with Crippen LogP contribution < -0.4 is 0 Å². The van der Waals surface area contributed by atoms with Gasteiger partial charge in [0.05, 0.1) is 0 Å². The number of rotatable bonds is 10. The molecule has 8 heteroatoms. The number of carbonyl (C=O) groups is 2. The standard InChI is InChI=1S/2C15H14O2S.Al.H2O/c2*1-11(15(16)17)12-6-5-9-14(10-12)18-13-7-3-2-4-8-13;;/h2*2-11H,1H3,(H,16,17);;1H2/q;;+3;/p-3. The minimum Gasteiger partial charge on any atom is -0.870 e. The fourth-order valence-corrected chi connectivity index (χ4v) is 6.00. The van der Waals surface area contributed by atoms with E-state index in [1.54, 1.807) is 37.4 Å². The normalized spacial score (nSPS) is 11.8. The van der Waals surface area contributed by atoms with E-state index in [-0.39, 0.29) is 5.48 Å². The fourth-order valence-electron chi connectivity index (χ4n) is 3.54. The van der Waals surface area contributed by atoms with Crippen LogP contribution in [0.25, 0.3) is 0 Å². The molecule has 4 rings (SSSR count). The van der Waals surface area contributed by atoms with E-state index in [1.165, 1.54) is 0 Å². The molecule has 0 saturated carbocycles. The Morgan fingerprint density at radius 3 is 1.34 bits per heavy atom. The van der Waals surface area contributed by atoms with Gasteiger partial charge in [0.15, 0.2) is 0 Å². The van der Waals surface area contributed by atoms with Crippen molar-refractivity contribution in [2.45, 2.75) is 45.3 Å². The maximum atomic E-state index is 12.7. The predicted octanol–water partition coefficient (Wildman–Crippen LogP) is 7.34. The first-order valence-electron chi connectivity index (χ1n) is 11.9. The molecule has 0 fully saturated rings. The Balaban J connectivity index is 0.00000400. The van der Waals surface area contributed by atoms with E-state index in [2.05, 4.69) is 0 Å². The minimum absolute atomic E-state index is 0. The molecule has 5 nitrogen and oxygen atoms in total. The average molecular weight is 559 g/mol. The second-order valence-corrected chi connectivity index (χ2v) is 11.3. The van der Waals surface area contributed by atoms with E-state index in [4.69, 9.17) is 7.58 Å². The van der Waals surface area contributed by atoms with Crippen molar-refractivity contribution in [1.82, 2.24) is 0 Å². The second-order valence-electron chi connectivity index (χ2n) is 8.39. The van der Waals surface area contributed by atoms with Crippen molar-refractivity contribution in [3.63, 3.8) is 0 Å². The van der Waals surface area contributed by atoms with Gasteiger partial charge in [-0.3, -0.25) is 0 Å². The smallest absolute Gasteiger partial charge is 0.870 e. The van der Waals surface area contributed by atoms with Crippen LogP contribution in [0.4, 0.5) is 0 Å². The molecular weight excluding hydrogens is 531 g/mol. The topological polar surface area (TPSA) is 82.6 Å². The van der Waals surface area contributed by atoms with Crippen LogP contribution in [0, 0.1) is 0 Å². The van der Waals surface area contributed by atoms with Crippen LogP contribution >= 0.6 is 23.5 Å². The van der Waals surface area contributed by atoms with Crippen molar-refractivity contribution in [1.29, 1.82) is 0 Å². The molecule has 0 amide bonds. The molecule has 2 unspecified atom stereocenters. The SMILES string of the molecule is CC(C(=O)[O][Al+][O]C(=O)C(C)c1cccc(Sc2ccccc2)c1)c1cccc(Sc2ccccc2)c1.[OH-]. The van der Waals surface area contributed by atoms with Gasteiger partial charge in [0, 0.05) is 0 Å². The Hall–Kier alpha value is -2.99. The molecule has 1 N–H and O–H groups in total. The van der Waals surface area contributed by atoms with E-state index >= 15 is 0 Å². The van der Waals surface area contributed by atoms with E-state index in [9.17, 15) is 9.59 Å². The summed E-state index contributed by atoms with van der Waals surface area (Å²) in [7, 11) is 0. The van der Waals surface area contributed by atoms with Gasteiger partial charge in [0.25, 0.3) is 0 Å². The van der Waals surface area contributed by atoms with Crippen LogP contribution in [0.15, 0.2) is 129 Å². The van der Waals surface area contributed by atoms with Crippen LogP contribution in [0.3, 0.4) is 0 Å². The molecule has 192 valence electrons. The number of hydrogen-bond donors (Lipinski definition) is 0. The summed E-state index contributed by atoms with van der Waals surface area (Å²) in [5.74, 6) is -1.74. The van der Waals surface area contributed by atoms with Crippen LogP contribution in [0.5, 0.6) is 0 Å². The largest absolute Gasteiger partial charge is 0.870 e. The van der Waals surface area contributed by atoms with Gasteiger partial charge in [0.1, 0.15) is 0 Å². The quantitative estimate of drug-likeness (QED) is 0.188. The molecule has 0 aliphatic carbocycles. The van der Waals surface area contributed by atoms with Gasteiger partial charge in [-0.2, -0.15) is 0 Å². The molecular formula is C30H27AlO5S2. The summed E-state index contributed by atoms with van der Waals surface area (Å²) < 4.78 is 10.7. The molecule has 0 radical (unpaired) electrons. The Labute approximate surface area is 238 Å². The first-order chi connectivity index (χ1) is 18.0. The van der Waals surface area contributed by atoms with Crippen LogP contribution in [-0.4, -0.2) is 33.3 Å². The molecule has 0 aliphatic heterocycles. The van der Waals surface area contributed by atoms with Gasteiger partial charge < -0.3 is 5.48 Å². The van der Waals surface area contributed by atoms with E-state index in [0.717, 1.165) is 30.7 Å².